The topological polar surface area (TPSA) is 99.4 Å². The lowest BCUT2D eigenvalue weighted by Crippen LogP contribution is -2.50. The van der Waals surface area contributed by atoms with Gasteiger partial charge in [0, 0.05) is 19.2 Å². The number of aromatic nitrogens is 2. The summed E-state index contributed by atoms with van der Waals surface area (Å²) in [6, 6.07) is 10.4. The third-order valence-electron chi connectivity index (χ3n) is 5.83. The van der Waals surface area contributed by atoms with Crippen molar-refractivity contribution in [1.82, 2.24) is 19.0 Å². The maximum absolute atomic E-state index is 13.0. The Labute approximate surface area is 216 Å². The van der Waals surface area contributed by atoms with Crippen LogP contribution >= 0.6 is 11.6 Å². The molecular weight excluding hydrogens is 533 g/mol. The zero-order valence-corrected chi connectivity index (χ0v) is 21.5. The van der Waals surface area contributed by atoms with E-state index in [2.05, 4.69) is 15.4 Å². The molecule has 0 atom stereocenters. The van der Waals surface area contributed by atoms with E-state index in [1.165, 1.54) is 11.9 Å². The summed E-state index contributed by atoms with van der Waals surface area (Å²) in [5.41, 5.74) is -2.37. The second-order valence-corrected chi connectivity index (χ2v) is 10.5. The summed E-state index contributed by atoms with van der Waals surface area (Å²) in [5, 5.41) is 8.94. The Bertz CT molecular complexity index is 1450. The summed E-state index contributed by atoms with van der Waals surface area (Å²) in [6.45, 7) is 3.23. The van der Waals surface area contributed by atoms with Crippen LogP contribution in [0, 0.1) is 0 Å². The number of sulfonamides is 1. The van der Waals surface area contributed by atoms with E-state index in [9.17, 15) is 26.4 Å². The predicted octanol–water partition coefficient (Wildman–Crippen LogP) is 4.18. The van der Waals surface area contributed by atoms with Crippen LogP contribution in [0.5, 0.6) is 0 Å². The monoisotopic (exact) mass is 556 g/mol. The van der Waals surface area contributed by atoms with E-state index in [4.69, 9.17) is 11.6 Å². The minimum atomic E-state index is -5.51. The first-order valence-electron chi connectivity index (χ1n) is 11.4. The lowest BCUT2D eigenvalue weighted by Gasteiger charge is -2.34. The first kappa shape index (κ1) is 26.7. The summed E-state index contributed by atoms with van der Waals surface area (Å²) in [5.74, 6) is -0.505. The van der Waals surface area contributed by atoms with E-state index in [0.717, 1.165) is 5.56 Å². The van der Waals surface area contributed by atoms with Crippen molar-refractivity contribution in [3.8, 4) is 0 Å². The molecule has 198 valence electrons. The van der Waals surface area contributed by atoms with Gasteiger partial charge in [-0.3, -0.25) is 14.2 Å². The molecule has 9 nitrogen and oxygen atoms in total. The number of rotatable bonds is 7. The van der Waals surface area contributed by atoms with Crippen LogP contribution in [-0.2, 0) is 23.0 Å². The Morgan fingerprint density at radius 2 is 1.78 bits per heavy atom. The van der Waals surface area contributed by atoms with Gasteiger partial charge in [-0.2, -0.15) is 26.7 Å². The highest BCUT2D eigenvalue weighted by Gasteiger charge is 2.51. The number of hydrogen-bond acceptors (Lipinski definition) is 6. The number of carbonyl (C=O) groups is 1. The molecule has 0 aliphatic carbocycles. The third kappa shape index (κ3) is 5.23. The number of anilines is 1. The normalized spacial score (nSPS) is 14.7. The number of benzene rings is 1. The van der Waals surface area contributed by atoms with Crippen molar-refractivity contribution in [2.24, 2.45) is 5.10 Å². The zero-order chi connectivity index (χ0) is 27.0. The molecule has 2 aromatic heterocycles. The fraction of sp³-hybridized carbons (Fsp3) is 0.348. The van der Waals surface area contributed by atoms with Gasteiger partial charge in [0.25, 0.3) is 5.91 Å². The largest absolute Gasteiger partial charge is 0.516 e. The van der Waals surface area contributed by atoms with Crippen LogP contribution in [0.3, 0.4) is 0 Å². The van der Waals surface area contributed by atoms with E-state index in [1.54, 1.807) is 47.0 Å². The molecule has 0 radical (unpaired) electrons. The number of hydrogen-bond donors (Lipinski definition) is 1. The fourth-order valence-corrected chi connectivity index (χ4v) is 5.15. The zero-order valence-electron chi connectivity index (χ0n) is 20.0. The van der Waals surface area contributed by atoms with Gasteiger partial charge in [-0.15, -0.1) is 0 Å². The molecule has 0 saturated heterocycles. The number of hydrazone groups is 1. The number of pyridine rings is 1. The highest BCUT2D eigenvalue weighted by atomic mass is 35.5. The number of amides is 1. The number of amidine groups is 1. The predicted molar refractivity (Wildman–Crippen MR) is 134 cm³/mol. The van der Waals surface area contributed by atoms with Crippen molar-refractivity contribution in [1.29, 1.82) is 0 Å². The van der Waals surface area contributed by atoms with E-state index in [-0.39, 0.29) is 37.8 Å². The first-order chi connectivity index (χ1) is 17.5. The third-order valence-corrected chi connectivity index (χ3v) is 7.61. The number of aryl methyl sites for hydroxylation is 1. The Kier molecular flexibility index (Phi) is 7.38. The van der Waals surface area contributed by atoms with Crippen LogP contribution in [0.25, 0.3) is 5.65 Å². The van der Waals surface area contributed by atoms with Crippen LogP contribution in [0.4, 0.5) is 18.9 Å². The highest BCUT2D eigenvalue weighted by Crippen LogP contribution is 2.30. The standard InChI is InChI=1S/C23H24ClF3N6O3S/c1-3-18-21(31-14-16(24)7-10-20(31)29-18)22(34)28-13-15-5-8-17(9-6-15)32-11-12-33(19(4-2)30-32)37(35,36)23(25,26)27/h5-10,14H,3-4,11-13H2,1-2H3,(H,28,34). The molecule has 1 aliphatic heterocycles. The quantitative estimate of drug-likeness (QED) is 0.471. The number of carbonyl (C=O) groups excluding carboxylic acids is 1. The minimum absolute atomic E-state index is 0.00413. The summed E-state index contributed by atoms with van der Waals surface area (Å²) in [6.07, 6.45) is 2.20. The number of halogens is 4. The molecule has 1 aromatic carbocycles. The Morgan fingerprint density at radius 3 is 2.41 bits per heavy atom. The number of imidazole rings is 1. The number of alkyl halides is 3. The van der Waals surface area contributed by atoms with Gasteiger partial charge in [-0.1, -0.05) is 37.6 Å². The average Bonchev–Trinajstić information content (AvgIpc) is 3.24. The maximum atomic E-state index is 13.0. The van der Waals surface area contributed by atoms with Crippen molar-refractivity contribution in [2.45, 2.75) is 38.7 Å². The summed E-state index contributed by atoms with van der Waals surface area (Å²) in [7, 11) is -5.51. The first-order valence-corrected chi connectivity index (χ1v) is 13.3. The van der Waals surface area contributed by atoms with Crippen molar-refractivity contribution < 1.29 is 26.4 Å². The van der Waals surface area contributed by atoms with Gasteiger partial charge in [0.15, 0.2) is 0 Å². The van der Waals surface area contributed by atoms with Gasteiger partial charge in [0.05, 0.1) is 29.5 Å². The second kappa shape index (κ2) is 10.2. The SMILES string of the molecule is CCC1=NN(c2ccc(CNC(=O)c3c(CC)nc4ccc(Cl)cn34)cc2)CCN1S(=O)(=O)C(F)(F)F. The lowest BCUT2D eigenvalue weighted by atomic mass is 10.2. The molecule has 3 aromatic rings. The number of fused-ring (bicyclic) bond motifs is 1. The van der Waals surface area contributed by atoms with Crippen molar-refractivity contribution in [3.63, 3.8) is 0 Å². The summed E-state index contributed by atoms with van der Waals surface area (Å²) in [4.78, 5) is 17.5. The van der Waals surface area contributed by atoms with Gasteiger partial charge < -0.3 is 5.32 Å². The summed E-state index contributed by atoms with van der Waals surface area (Å²) >= 11 is 6.09. The van der Waals surface area contributed by atoms with Crippen molar-refractivity contribution in [3.05, 3.63) is 64.6 Å². The molecule has 1 N–H and O–H groups in total. The van der Waals surface area contributed by atoms with Crippen LogP contribution in [0.2, 0.25) is 5.02 Å². The van der Waals surface area contributed by atoms with E-state index >= 15 is 0 Å². The maximum Gasteiger partial charge on any atom is 0.516 e. The summed E-state index contributed by atoms with van der Waals surface area (Å²) < 4.78 is 64.7. The molecule has 0 bridgehead atoms. The molecule has 37 heavy (non-hydrogen) atoms. The lowest BCUT2D eigenvalue weighted by molar-refractivity contribution is -0.0473. The molecule has 3 heterocycles. The number of nitrogens with zero attached hydrogens (tertiary/aromatic N) is 5. The van der Waals surface area contributed by atoms with Gasteiger partial charge in [-0.05, 0) is 36.2 Å². The second-order valence-electron chi connectivity index (χ2n) is 8.20. The molecule has 4 rings (SSSR count). The Morgan fingerprint density at radius 1 is 1.08 bits per heavy atom. The Hall–Kier alpha value is -3.32. The van der Waals surface area contributed by atoms with E-state index in [0.29, 0.717) is 38.5 Å². The van der Waals surface area contributed by atoms with Crippen LogP contribution in [-0.4, -0.2) is 52.4 Å². The van der Waals surface area contributed by atoms with E-state index < -0.39 is 15.5 Å². The van der Waals surface area contributed by atoms with Crippen LogP contribution < -0.4 is 10.3 Å². The molecule has 1 amide bonds. The molecule has 0 spiro atoms. The molecule has 0 saturated carbocycles. The van der Waals surface area contributed by atoms with Crippen LogP contribution in [0.1, 0.15) is 42.0 Å². The number of nitrogens with one attached hydrogen (secondary N) is 1. The van der Waals surface area contributed by atoms with Gasteiger partial charge in [-0.25, -0.2) is 9.29 Å². The van der Waals surface area contributed by atoms with Gasteiger partial charge in [0.1, 0.15) is 17.2 Å². The van der Waals surface area contributed by atoms with E-state index in [1.807, 2.05) is 6.92 Å². The highest BCUT2D eigenvalue weighted by molar-refractivity contribution is 7.90. The molecule has 0 unspecified atom stereocenters. The molecule has 0 fully saturated rings. The smallest absolute Gasteiger partial charge is 0.347 e. The van der Waals surface area contributed by atoms with Gasteiger partial charge in [0.2, 0.25) is 0 Å². The van der Waals surface area contributed by atoms with Crippen molar-refractivity contribution in [2.75, 3.05) is 18.1 Å². The average molecular weight is 557 g/mol. The molecule has 1 aliphatic rings. The van der Waals surface area contributed by atoms with Gasteiger partial charge >= 0.3 is 15.5 Å². The van der Waals surface area contributed by atoms with Crippen molar-refractivity contribution >= 4 is 44.7 Å². The minimum Gasteiger partial charge on any atom is -0.347 e. The molecule has 14 heteroatoms. The molecular formula is C23H24ClF3N6O3S. The Balaban J connectivity index is 1.47. The van der Waals surface area contributed by atoms with Crippen LogP contribution in [0.15, 0.2) is 47.7 Å². The fourth-order valence-electron chi connectivity index (χ4n) is 3.98.